The van der Waals surface area contributed by atoms with Crippen molar-refractivity contribution in [1.29, 1.82) is 0 Å². The third-order valence-electron chi connectivity index (χ3n) is 10.7. The average molecular weight is 624 g/mol. The van der Waals surface area contributed by atoms with E-state index in [1.54, 1.807) is 0 Å². The predicted octanol–water partition coefficient (Wildman–Crippen LogP) is 12.8. The Hall–Kier alpha value is -6.38. The molecule has 1 aliphatic carbocycles. The SMILES string of the molecule is c1ccc(C2Nc3ccc4ccc5cc(-c6ccc(-c7ccc8c9c(cccc79)-c7ccccc7-8)c7ccccc67)ccc5c4c3O2)cc1. The topological polar surface area (TPSA) is 21.3 Å². The molecule has 1 N–H and O–H groups in total. The summed E-state index contributed by atoms with van der Waals surface area (Å²) in [4.78, 5) is 0. The van der Waals surface area contributed by atoms with Crippen LogP contribution < -0.4 is 10.1 Å². The second-order valence-electron chi connectivity index (χ2n) is 13.2. The molecule has 1 atom stereocenters. The molecule has 0 amide bonds. The van der Waals surface area contributed by atoms with Crippen LogP contribution in [0, 0.1) is 0 Å². The fourth-order valence-corrected chi connectivity index (χ4v) is 8.42. The summed E-state index contributed by atoms with van der Waals surface area (Å²) in [5.41, 5.74) is 12.4. The van der Waals surface area contributed by atoms with Gasteiger partial charge in [0, 0.05) is 10.9 Å². The van der Waals surface area contributed by atoms with E-state index in [1.165, 1.54) is 82.2 Å². The first-order chi connectivity index (χ1) is 24.3. The monoisotopic (exact) mass is 623 g/mol. The molecule has 2 aliphatic rings. The van der Waals surface area contributed by atoms with Gasteiger partial charge in [0.25, 0.3) is 0 Å². The molecule has 0 saturated carbocycles. The Kier molecular flexibility index (Phi) is 5.47. The Morgan fingerprint density at radius 2 is 1.00 bits per heavy atom. The number of nitrogens with one attached hydrogen (secondary N) is 1. The van der Waals surface area contributed by atoms with Gasteiger partial charge in [-0.15, -0.1) is 0 Å². The molecule has 1 unspecified atom stereocenters. The molecular formula is C47H29NO. The maximum Gasteiger partial charge on any atom is 0.196 e. The summed E-state index contributed by atoms with van der Waals surface area (Å²) in [6.45, 7) is 0. The first-order valence-electron chi connectivity index (χ1n) is 17.0. The molecule has 9 aromatic rings. The molecule has 0 aromatic heterocycles. The highest BCUT2D eigenvalue weighted by molar-refractivity contribution is 6.21. The fraction of sp³-hybridized carbons (Fsp3) is 0.0213. The average Bonchev–Trinajstić information content (AvgIpc) is 3.76. The van der Waals surface area contributed by atoms with Gasteiger partial charge in [0.1, 0.15) is 0 Å². The number of rotatable bonds is 3. The van der Waals surface area contributed by atoms with Crippen LogP contribution in [0.15, 0.2) is 164 Å². The van der Waals surface area contributed by atoms with Gasteiger partial charge >= 0.3 is 0 Å². The van der Waals surface area contributed by atoms with Crippen LogP contribution in [-0.4, -0.2) is 0 Å². The minimum absolute atomic E-state index is 0.199. The van der Waals surface area contributed by atoms with Crippen molar-refractivity contribution in [3.05, 3.63) is 169 Å². The largest absolute Gasteiger partial charge is 0.464 e. The van der Waals surface area contributed by atoms with E-state index in [0.29, 0.717) is 0 Å². The van der Waals surface area contributed by atoms with E-state index in [-0.39, 0.29) is 6.23 Å². The van der Waals surface area contributed by atoms with E-state index in [1.807, 2.05) is 6.07 Å². The van der Waals surface area contributed by atoms with Gasteiger partial charge in [0.2, 0.25) is 0 Å². The van der Waals surface area contributed by atoms with Crippen LogP contribution in [0.3, 0.4) is 0 Å². The first-order valence-corrected chi connectivity index (χ1v) is 17.0. The van der Waals surface area contributed by atoms with E-state index < -0.39 is 0 Å². The Balaban J connectivity index is 1.05. The predicted molar refractivity (Wildman–Crippen MR) is 205 cm³/mol. The van der Waals surface area contributed by atoms with Crippen LogP contribution in [0.5, 0.6) is 5.75 Å². The zero-order chi connectivity index (χ0) is 32.1. The summed E-state index contributed by atoms with van der Waals surface area (Å²) in [6.07, 6.45) is -0.199. The normalized spacial score (nSPS) is 14.2. The van der Waals surface area contributed by atoms with Gasteiger partial charge in [0.15, 0.2) is 12.0 Å². The van der Waals surface area contributed by atoms with Crippen molar-refractivity contribution in [2.75, 3.05) is 5.32 Å². The van der Waals surface area contributed by atoms with Gasteiger partial charge < -0.3 is 10.1 Å². The smallest absolute Gasteiger partial charge is 0.196 e. The maximum absolute atomic E-state index is 6.60. The lowest BCUT2D eigenvalue weighted by molar-refractivity contribution is 0.263. The van der Waals surface area contributed by atoms with Crippen LogP contribution >= 0.6 is 0 Å². The number of anilines is 1. The van der Waals surface area contributed by atoms with E-state index in [9.17, 15) is 0 Å². The van der Waals surface area contributed by atoms with Crippen molar-refractivity contribution in [2.45, 2.75) is 6.23 Å². The second kappa shape index (κ2) is 10.1. The fourth-order valence-electron chi connectivity index (χ4n) is 8.42. The zero-order valence-electron chi connectivity index (χ0n) is 26.6. The van der Waals surface area contributed by atoms with Crippen LogP contribution in [0.2, 0.25) is 0 Å². The van der Waals surface area contributed by atoms with Crippen molar-refractivity contribution >= 4 is 48.8 Å². The molecule has 0 bridgehead atoms. The van der Waals surface area contributed by atoms with Crippen molar-refractivity contribution < 1.29 is 4.74 Å². The molecule has 1 aliphatic heterocycles. The highest BCUT2D eigenvalue weighted by Crippen LogP contribution is 2.50. The lowest BCUT2D eigenvalue weighted by atomic mass is 9.88. The van der Waals surface area contributed by atoms with Crippen molar-refractivity contribution in [3.8, 4) is 50.3 Å². The molecule has 0 radical (unpaired) electrons. The van der Waals surface area contributed by atoms with Crippen LogP contribution in [-0.2, 0) is 0 Å². The molecule has 0 fully saturated rings. The minimum Gasteiger partial charge on any atom is -0.464 e. The lowest BCUT2D eigenvalue weighted by Crippen LogP contribution is -2.09. The van der Waals surface area contributed by atoms with E-state index in [4.69, 9.17) is 4.74 Å². The number of fused-ring (bicyclic) bond motifs is 9. The summed E-state index contributed by atoms with van der Waals surface area (Å²) >= 11 is 0. The molecule has 2 nitrogen and oxygen atoms in total. The summed E-state index contributed by atoms with van der Waals surface area (Å²) in [5, 5.41) is 13.5. The van der Waals surface area contributed by atoms with E-state index >= 15 is 0 Å². The molecule has 9 aromatic carbocycles. The highest BCUT2D eigenvalue weighted by Gasteiger charge is 2.26. The van der Waals surface area contributed by atoms with Crippen molar-refractivity contribution in [2.24, 2.45) is 0 Å². The van der Waals surface area contributed by atoms with E-state index in [2.05, 4.69) is 163 Å². The second-order valence-corrected chi connectivity index (χ2v) is 13.2. The molecule has 228 valence electrons. The Labute approximate surface area is 283 Å². The number of hydrogen-bond donors (Lipinski definition) is 1. The Morgan fingerprint density at radius 1 is 0.388 bits per heavy atom. The maximum atomic E-state index is 6.60. The number of hydrogen-bond acceptors (Lipinski definition) is 2. The molecular weight excluding hydrogens is 595 g/mol. The van der Waals surface area contributed by atoms with Crippen LogP contribution in [0.25, 0.3) is 87.6 Å². The summed E-state index contributed by atoms with van der Waals surface area (Å²) < 4.78 is 6.60. The molecule has 49 heavy (non-hydrogen) atoms. The van der Waals surface area contributed by atoms with Crippen molar-refractivity contribution in [3.63, 3.8) is 0 Å². The van der Waals surface area contributed by atoms with Gasteiger partial charge in [-0.25, -0.2) is 0 Å². The van der Waals surface area contributed by atoms with Crippen molar-refractivity contribution in [1.82, 2.24) is 0 Å². The van der Waals surface area contributed by atoms with Crippen LogP contribution in [0.4, 0.5) is 5.69 Å². The van der Waals surface area contributed by atoms with Gasteiger partial charge in [0.05, 0.1) is 5.69 Å². The van der Waals surface area contributed by atoms with Crippen LogP contribution in [0.1, 0.15) is 11.8 Å². The third kappa shape index (κ3) is 3.83. The minimum atomic E-state index is -0.199. The standard InChI is InChI=1S/C47H29NO/c1-2-9-29(10-3-1)47-48-43-26-20-28-17-18-31-27-30(19-21-33(31)44(28)46(43)49-47)32-22-23-38(35-12-5-4-11-34(32)35)39-24-25-42-37-14-7-6-13-36(37)40-15-8-16-41(39)45(40)42/h1-27,47-48H. The number of benzene rings is 9. The molecule has 0 spiro atoms. The van der Waals surface area contributed by atoms with Gasteiger partial charge in [-0.3, -0.25) is 0 Å². The third-order valence-corrected chi connectivity index (χ3v) is 10.7. The van der Waals surface area contributed by atoms with Gasteiger partial charge in [-0.1, -0.05) is 152 Å². The van der Waals surface area contributed by atoms with Gasteiger partial charge in [-0.05, 0) is 94.3 Å². The quantitative estimate of drug-likeness (QED) is 0.198. The zero-order valence-corrected chi connectivity index (χ0v) is 26.6. The summed E-state index contributed by atoms with van der Waals surface area (Å²) in [6, 6.07) is 59.7. The van der Waals surface area contributed by atoms with E-state index in [0.717, 1.165) is 22.4 Å². The first kappa shape index (κ1) is 26.7. The Morgan fingerprint density at radius 3 is 1.84 bits per heavy atom. The number of ether oxygens (including phenoxy) is 1. The highest BCUT2D eigenvalue weighted by atomic mass is 16.5. The summed E-state index contributed by atoms with van der Waals surface area (Å²) in [5.74, 6) is 0.924. The van der Waals surface area contributed by atoms with Gasteiger partial charge in [-0.2, -0.15) is 0 Å². The molecule has 0 saturated heterocycles. The molecule has 2 heteroatoms. The summed E-state index contributed by atoms with van der Waals surface area (Å²) in [7, 11) is 0. The molecule has 1 heterocycles. The molecule has 11 rings (SSSR count). The lowest BCUT2D eigenvalue weighted by Gasteiger charge is -2.16. The Bertz CT molecular complexity index is 2800.